The molecular formula is C8H6Cl2F2O2. The molecule has 6 heteroatoms. The average molecular weight is 243 g/mol. The average Bonchev–Trinajstić information content (AvgIpc) is 2.12. The largest absolute Gasteiger partial charge is 0.432 e. The molecule has 0 radical (unpaired) electrons. The molecule has 0 saturated carbocycles. The summed E-state index contributed by atoms with van der Waals surface area (Å²) in [6, 6.07) is 2.76. The van der Waals surface area contributed by atoms with Crippen molar-refractivity contribution in [2.75, 3.05) is 0 Å². The minimum Gasteiger partial charge on any atom is -0.432 e. The van der Waals surface area contributed by atoms with Crippen LogP contribution in [0.1, 0.15) is 5.56 Å². The van der Waals surface area contributed by atoms with Gasteiger partial charge in [0.25, 0.3) is 0 Å². The van der Waals surface area contributed by atoms with Gasteiger partial charge in [-0.05, 0) is 11.6 Å². The zero-order chi connectivity index (χ0) is 10.7. The van der Waals surface area contributed by atoms with E-state index in [1.165, 1.54) is 12.1 Å². The van der Waals surface area contributed by atoms with E-state index in [0.29, 0.717) is 0 Å². The van der Waals surface area contributed by atoms with Gasteiger partial charge in [0.1, 0.15) is 0 Å². The molecule has 0 aliphatic heterocycles. The first-order valence-electron chi connectivity index (χ1n) is 3.58. The Balaban J connectivity index is 3.11. The van der Waals surface area contributed by atoms with Gasteiger partial charge in [-0.1, -0.05) is 29.3 Å². The summed E-state index contributed by atoms with van der Waals surface area (Å²) in [5, 5.41) is 8.68. The molecule has 78 valence electrons. The molecule has 0 fully saturated rings. The highest BCUT2D eigenvalue weighted by Crippen LogP contribution is 2.36. The SMILES string of the molecule is OCc1ccc(Cl)c(OC(F)F)c1Cl. The van der Waals surface area contributed by atoms with Crippen molar-refractivity contribution in [1.29, 1.82) is 0 Å². The highest BCUT2D eigenvalue weighted by Gasteiger charge is 2.15. The van der Waals surface area contributed by atoms with Gasteiger partial charge < -0.3 is 9.84 Å². The molecule has 0 aliphatic rings. The van der Waals surface area contributed by atoms with Crippen LogP contribution in [0.15, 0.2) is 12.1 Å². The first-order chi connectivity index (χ1) is 6.56. The third-order valence-corrected chi connectivity index (χ3v) is 2.22. The van der Waals surface area contributed by atoms with Crippen LogP contribution in [0.4, 0.5) is 8.78 Å². The van der Waals surface area contributed by atoms with Crippen LogP contribution in [-0.2, 0) is 6.61 Å². The van der Waals surface area contributed by atoms with E-state index < -0.39 is 6.61 Å². The van der Waals surface area contributed by atoms with Crippen LogP contribution in [-0.4, -0.2) is 11.7 Å². The second-order valence-electron chi connectivity index (χ2n) is 2.39. The molecule has 0 saturated heterocycles. The minimum atomic E-state index is -3.00. The maximum atomic E-state index is 11.9. The van der Waals surface area contributed by atoms with Crippen LogP contribution >= 0.6 is 23.2 Å². The van der Waals surface area contributed by atoms with Gasteiger partial charge in [0, 0.05) is 0 Å². The number of hydrogen-bond acceptors (Lipinski definition) is 2. The van der Waals surface area contributed by atoms with Crippen LogP contribution in [0.5, 0.6) is 5.75 Å². The lowest BCUT2D eigenvalue weighted by molar-refractivity contribution is -0.0498. The number of aliphatic hydroxyl groups is 1. The van der Waals surface area contributed by atoms with Crippen molar-refractivity contribution in [1.82, 2.24) is 0 Å². The third-order valence-electron chi connectivity index (χ3n) is 1.51. The summed E-state index contributed by atoms with van der Waals surface area (Å²) in [6.07, 6.45) is 0. The lowest BCUT2D eigenvalue weighted by atomic mass is 10.2. The van der Waals surface area contributed by atoms with E-state index in [9.17, 15) is 8.78 Å². The number of ether oxygens (including phenoxy) is 1. The highest BCUT2D eigenvalue weighted by molar-refractivity contribution is 6.37. The lowest BCUT2D eigenvalue weighted by Gasteiger charge is -2.10. The van der Waals surface area contributed by atoms with Gasteiger partial charge in [-0.25, -0.2) is 0 Å². The van der Waals surface area contributed by atoms with Crippen molar-refractivity contribution in [2.45, 2.75) is 13.2 Å². The predicted molar refractivity (Wildman–Crippen MR) is 49.0 cm³/mol. The third kappa shape index (κ3) is 2.47. The molecule has 1 aromatic carbocycles. The number of halogens is 4. The van der Waals surface area contributed by atoms with Gasteiger partial charge in [0.15, 0.2) is 5.75 Å². The Bertz CT molecular complexity index is 331. The summed E-state index contributed by atoms with van der Waals surface area (Å²) in [4.78, 5) is 0. The number of alkyl halides is 2. The van der Waals surface area contributed by atoms with Gasteiger partial charge in [0.05, 0.1) is 16.7 Å². The van der Waals surface area contributed by atoms with Crippen molar-refractivity contribution in [3.8, 4) is 5.75 Å². The van der Waals surface area contributed by atoms with Crippen LogP contribution in [0, 0.1) is 0 Å². The molecule has 0 aliphatic carbocycles. The fourth-order valence-electron chi connectivity index (χ4n) is 0.893. The molecule has 1 rings (SSSR count). The standard InChI is InChI=1S/C8H6Cl2F2O2/c9-5-2-1-4(3-13)6(10)7(5)14-8(11)12/h1-2,8,13H,3H2. The molecule has 0 heterocycles. The van der Waals surface area contributed by atoms with E-state index in [1.54, 1.807) is 0 Å². The van der Waals surface area contributed by atoms with E-state index >= 15 is 0 Å². The Morgan fingerprint density at radius 3 is 2.50 bits per heavy atom. The molecule has 0 amide bonds. The molecule has 2 nitrogen and oxygen atoms in total. The first kappa shape index (κ1) is 11.5. The summed E-state index contributed by atoms with van der Waals surface area (Å²) in [7, 11) is 0. The van der Waals surface area contributed by atoms with Crippen molar-refractivity contribution >= 4 is 23.2 Å². The molecule has 0 aromatic heterocycles. The molecule has 0 atom stereocenters. The van der Waals surface area contributed by atoms with Crippen molar-refractivity contribution in [3.05, 3.63) is 27.7 Å². The van der Waals surface area contributed by atoms with Gasteiger partial charge >= 0.3 is 6.61 Å². The zero-order valence-electron chi connectivity index (χ0n) is 6.81. The number of hydrogen-bond donors (Lipinski definition) is 1. The Labute approximate surface area is 89.0 Å². The summed E-state index contributed by atoms with van der Waals surface area (Å²) < 4.78 is 27.9. The number of benzene rings is 1. The Hall–Kier alpha value is -0.580. The predicted octanol–water partition coefficient (Wildman–Crippen LogP) is 3.09. The van der Waals surface area contributed by atoms with Gasteiger partial charge in [0.2, 0.25) is 0 Å². The smallest absolute Gasteiger partial charge is 0.387 e. The molecule has 1 N–H and O–H groups in total. The molecular weight excluding hydrogens is 237 g/mol. The molecule has 0 unspecified atom stereocenters. The van der Waals surface area contributed by atoms with Gasteiger partial charge in [-0.15, -0.1) is 0 Å². The zero-order valence-corrected chi connectivity index (χ0v) is 8.32. The molecule has 0 bridgehead atoms. The number of aliphatic hydroxyl groups excluding tert-OH is 1. The summed E-state index contributed by atoms with van der Waals surface area (Å²) in [6.45, 7) is -3.37. The van der Waals surface area contributed by atoms with E-state index in [-0.39, 0.29) is 28.0 Å². The fourth-order valence-corrected chi connectivity index (χ4v) is 1.41. The minimum absolute atomic E-state index is 0.0208. The van der Waals surface area contributed by atoms with Crippen LogP contribution < -0.4 is 4.74 Å². The number of rotatable bonds is 3. The fraction of sp³-hybridized carbons (Fsp3) is 0.250. The molecule has 0 spiro atoms. The monoisotopic (exact) mass is 242 g/mol. The van der Waals surface area contributed by atoms with Crippen molar-refractivity contribution in [2.24, 2.45) is 0 Å². The maximum absolute atomic E-state index is 11.9. The molecule has 1 aromatic rings. The lowest BCUT2D eigenvalue weighted by Crippen LogP contribution is -2.04. The second kappa shape index (κ2) is 4.77. The Morgan fingerprint density at radius 1 is 1.36 bits per heavy atom. The highest BCUT2D eigenvalue weighted by atomic mass is 35.5. The van der Waals surface area contributed by atoms with Crippen LogP contribution in [0.2, 0.25) is 10.0 Å². The van der Waals surface area contributed by atoms with Gasteiger partial charge in [-0.2, -0.15) is 8.78 Å². The second-order valence-corrected chi connectivity index (χ2v) is 3.17. The summed E-state index contributed by atoms with van der Waals surface area (Å²) in [5.74, 6) is -0.310. The van der Waals surface area contributed by atoms with Crippen molar-refractivity contribution < 1.29 is 18.6 Å². The molecule has 14 heavy (non-hydrogen) atoms. The van der Waals surface area contributed by atoms with Crippen LogP contribution in [0.25, 0.3) is 0 Å². The first-order valence-corrected chi connectivity index (χ1v) is 4.34. The maximum Gasteiger partial charge on any atom is 0.387 e. The van der Waals surface area contributed by atoms with E-state index in [1.807, 2.05) is 0 Å². The van der Waals surface area contributed by atoms with E-state index in [0.717, 1.165) is 0 Å². The quantitative estimate of drug-likeness (QED) is 0.883. The van der Waals surface area contributed by atoms with Gasteiger partial charge in [-0.3, -0.25) is 0 Å². The Morgan fingerprint density at radius 2 is 2.00 bits per heavy atom. The Kier molecular flexibility index (Phi) is 3.92. The van der Waals surface area contributed by atoms with Crippen LogP contribution in [0.3, 0.4) is 0 Å². The van der Waals surface area contributed by atoms with Crippen molar-refractivity contribution in [3.63, 3.8) is 0 Å². The van der Waals surface area contributed by atoms with E-state index in [2.05, 4.69) is 4.74 Å². The summed E-state index contributed by atoms with van der Waals surface area (Å²) in [5.41, 5.74) is 0.284. The normalized spacial score (nSPS) is 10.7. The summed E-state index contributed by atoms with van der Waals surface area (Å²) >= 11 is 11.2. The topological polar surface area (TPSA) is 29.5 Å². The van der Waals surface area contributed by atoms with E-state index in [4.69, 9.17) is 28.3 Å².